The van der Waals surface area contributed by atoms with E-state index in [0.717, 1.165) is 31.2 Å². The van der Waals surface area contributed by atoms with Crippen LogP contribution >= 0.6 is 0 Å². The summed E-state index contributed by atoms with van der Waals surface area (Å²) >= 11 is 0. The number of rotatable bonds is 3. The van der Waals surface area contributed by atoms with Crippen molar-refractivity contribution < 1.29 is 14.3 Å². The van der Waals surface area contributed by atoms with Crippen LogP contribution in [0.2, 0.25) is 0 Å². The molecule has 4 nitrogen and oxygen atoms in total. The Morgan fingerprint density at radius 1 is 1.05 bits per heavy atom. The minimum atomic E-state index is -0.216. The van der Waals surface area contributed by atoms with Crippen molar-refractivity contribution in [1.29, 1.82) is 0 Å². The number of hydrogen-bond acceptors (Lipinski definition) is 3. The van der Waals surface area contributed by atoms with Gasteiger partial charge < -0.3 is 14.8 Å². The summed E-state index contributed by atoms with van der Waals surface area (Å²) in [5.74, 6) is 0.846. The number of aliphatic hydroxyl groups excluding tert-OH is 1. The van der Waals surface area contributed by atoms with Crippen LogP contribution in [0.1, 0.15) is 36.2 Å². The average Bonchev–Trinajstić information content (AvgIpc) is 3.00. The van der Waals surface area contributed by atoms with E-state index in [0.29, 0.717) is 11.5 Å². The van der Waals surface area contributed by atoms with E-state index >= 15 is 0 Å². The number of carbonyl (C=O) groups is 1. The molecule has 2 aromatic rings. The van der Waals surface area contributed by atoms with Crippen molar-refractivity contribution in [3.63, 3.8) is 0 Å². The maximum absolute atomic E-state index is 12.2. The molecule has 2 N–H and O–H groups in total. The van der Waals surface area contributed by atoms with Crippen LogP contribution in [-0.4, -0.2) is 23.2 Å². The van der Waals surface area contributed by atoms with Crippen LogP contribution in [0, 0.1) is 0 Å². The standard InChI is InChI=1S/C17H19NO3/c19-14-8-6-13(7-9-14)18-17(20)16-11-10-15(21-16)12-4-2-1-3-5-12/h1-5,10-11,13-14,19H,6-9H2,(H,18,20). The molecule has 1 fully saturated rings. The quantitative estimate of drug-likeness (QED) is 0.911. The zero-order chi connectivity index (χ0) is 14.7. The number of benzene rings is 1. The molecule has 1 saturated carbocycles. The summed E-state index contributed by atoms with van der Waals surface area (Å²) in [7, 11) is 0. The second-order valence-electron chi connectivity index (χ2n) is 5.51. The van der Waals surface area contributed by atoms with E-state index in [-0.39, 0.29) is 18.1 Å². The summed E-state index contributed by atoms with van der Waals surface area (Å²) in [6, 6.07) is 13.4. The lowest BCUT2D eigenvalue weighted by atomic mass is 9.93. The van der Waals surface area contributed by atoms with Gasteiger partial charge in [0.15, 0.2) is 5.76 Å². The number of amides is 1. The van der Waals surface area contributed by atoms with Gasteiger partial charge in [-0.3, -0.25) is 4.79 Å². The molecule has 0 atom stereocenters. The minimum absolute atomic E-state index is 0.131. The molecule has 0 bridgehead atoms. The molecule has 3 rings (SSSR count). The Labute approximate surface area is 123 Å². The molecular formula is C17H19NO3. The summed E-state index contributed by atoms with van der Waals surface area (Å²) in [6.45, 7) is 0. The van der Waals surface area contributed by atoms with E-state index in [4.69, 9.17) is 4.42 Å². The third kappa shape index (κ3) is 3.34. The maximum atomic E-state index is 12.2. The Balaban J connectivity index is 1.64. The number of hydrogen-bond donors (Lipinski definition) is 2. The van der Waals surface area contributed by atoms with Crippen molar-refractivity contribution in [3.8, 4) is 11.3 Å². The second-order valence-corrected chi connectivity index (χ2v) is 5.51. The van der Waals surface area contributed by atoms with Crippen molar-refractivity contribution in [3.05, 3.63) is 48.2 Å². The van der Waals surface area contributed by atoms with Crippen molar-refractivity contribution in [1.82, 2.24) is 5.32 Å². The van der Waals surface area contributed by atoms with Crippen LogP contribution in [0.3, 0.4) is 0 Å². The number of aliphatic hydroxyl groups is 1. The third-order valence-corrected chi connectivity index (χ3v) is 3.92. The molecule has 0 saturated heterocycles. The highest BCUT2D eigenvalue weighted by atomic mass is 16.3. The van der Waals surface area contributed by atoms with Gasteiger partial charge in [0.25, 0.3) is 5.91 Å². The molecule has 1 aliphatic carbocycles. The largest absolute Gasteiger partial charge is 0.451 e. The summed E-state index contributed by atoms with van der Waals surface area (Å²) < 4.78 is 5.63. The fourth-order valence-corrected chi connectivity index (χ4v) is 2.69. The van der Waals surface area contributed by atoms with E-state index in [2.05, 4.69) is 5.32 Å². The van der Waals surface area contributed by atoms with Crippen molar-refractivity contribution in [2.45, 2.75) is 37.8 Å². The predicted octanol–water partition coefficient (Wildman–Crippen LogP) is 2.98. The van der Waals surface area contributed by atoms with Crippen molar-refractivity contribution >= 4 is 5.91 Å². The molecule has 1 amide bonds. The monoisotopic (exact) mass is 285 g/mol. The lowest BCUT2D eigenvalue weighted by Crippen LogP contribution is -2.38. The van der Waals surface area contributed by atoms with Crippen LogP contribution in [-0.2, 0) is 0 Å². The molecule has 1 aliphatic rings. The zero-order valence-corrected chi connectivity index (χ0v) is 11.8. The molecule has 0 aliphatic heterocycles. The summed E-state index contributed by atoms with van der Waals surface area (Å²) in [6.07, 6.45) is 2.92. The first-order chi connectivity index (χ1) is 10.2. The average molecular weight is 285 g/mol. The third-order valence-electron chi connectivity index (χ3n) is 3.92. The lowest BCUT2D eigenvalue weighted by molar-refractivity contribution is 0.0844. The van der Waals surface area contributed by atoms with E-state index in [1.807, 2.05) is 36.4 Å². The Bertz CT molecular complexity index is 598. The maximum Gasteiger partial charge on any atom is 0.287 e. The lowest BCUT2D eigenvalue weighted by Gasteiger charge is -2.25. The molecule has 4 heteroatoms. The van der Waals surface area contributed by atoms with Gasteiger partial charge in [-0.1, -0.05) is 30.3 Å². The van der Waals surface area contributed by atoms with Crippen molar-refractivity contribution in [2.75, 3.05) is 0 Å². The van der Waals surface area contributed by atoms with Crippen LogP contribution in [0.5, 0.6) is 0 Å². The van der Waals surface area contributed by atoms with E-state index < -0.39 is 0 Å². The molecule has 0 unspecified atom stereocenters. The first kappa shape index (κ1) is 13.9. The van der Waals surface area contributed by atoms with E-state index in [1.54, 1.807) is 6.07 Å². The van der Waals surface area contributed by atoms with Gasteiger partial charge in [0.05, 0.1) is 6.10 Å². The second kappa shape index (κ2) is 6.14. The van der Waals surface area contributed by atoms with Gasteiger partial charge in [-0.25, -0.2) is 0 Å². The fourth-order valence-electron chi connectivity index (χ4n) is 2.69. The topological polar surface area (TPSA) is 62.5 Å². The molecule has 0 radical (unpaired) electrons. The molecule has 1 aromatic carbocycles. The zero-order valence-electron chi connectivity index (χ0n) is 11.8. The minimum Gasteiger partial charge on any atom is -0.451 e. The first-order valence-electron chi connectivity index (χ1n) is 7.36. The molecule has 1 aromatic heterocycles. The summed E-state index contributed by atoms with van der Waals surface area (Å²) in [4.78, 5) is 12.2. The smallest absolute Gasteiger partial charge is 0.287 e. The van der Waals surface area contributed by atoms with Crippen LogP contribution in [0.15, 0.2) is 46.9 Å². The highest BCUT2D eigenvalue weighted by Crippen LogP contribution is 2.23. The van der Waals surface area contributed by atoms with E-state index in [9.17, 15) is 9.90 Å². The Kier molecular flexibility index (Phi) is 4.06. The Hall–Kier alpha value is -2.07. The SMILES string of the molecule is O=C(NC1CCC(O)CC1)c1ccc(-c2ccccc2)o1. The fraction of sp³-hybridized carbons (Fsp3) is 0.353. The highest BCUT2D eigenvalue weighted by Gasteiger charge is 2.22. The predicted molar refractivity (Wildman–Crippen MR) is 79.9 cm³/mol. The molecule has 1 heterocycles. The van der Waals surface area contributed by atoms with E-state index in [1.165, 1.54) is 0 Å². The van der Waals surface area contributed by atoms with Gasteiger partial charge in [-0.05, 0) is 37.8 Å². The molecule has 21 heavy (non-hydrogen) atoms. The number of furan rings is 1. The van der Waals surface area contributed by atoms with Crippen molar-refractivity contribution in [2.24, 2.45) is 0 Å². The number of nitrogens with one attached hydrogen (secondary N) is 1. The highest BCUT2D eigenvalue weighted by molar-refractivity contribution is 5.92. The van der Waals surface area contributed by atoms with Gasteiger partial charge in [-0.15, -0.1) is 0 Å². The molecule has 110 valence electrons. The van der Waals surface area contributed by atoms with Gasteiger partial charge >= 0.3 is 0 Å². The van der Waals surface area contributed by atoms with Gasteiger partial charge in [0, 0.05) is 11.6 Å². The van der Waals surface area contributed by atoms with Crippen LogP contribution < -0.4 is 5.32 Å². The van der Waals surface area contributed by atoms with Crippen LogP contribution in [0.4, 0.5) is 0 Å². The normalized spacial score (nSPS) is 22.0. The van der Waals surface area contributed by atoms with Crippen LogP contribution in [0.25, 0.3) is 11.3 Å². The first-order valence-corrected chi connectivity index (χ1v) is 7.36. The summed E-state index contributed by atoms with van der Waals surface area (Å²) in [5, 5.41) is 12.5. The Morgan fingerprint density at radius 2 is 1.76 bits per heavy atom. The number of carbonyl (C=O) groups excluding carboxylic acids is 1. The summed E-state index contributed by atoms with van der Waals surface area (Å²) in [5.41, 5.74) is 0.956. The van der Waals surface area contributed by atoms with Gasteiger partial charge in [0.2, 0.25) is 0 Å². The molecular weight excluding hydrogens is 266 g/mol. The van der Waals surface area contributed by atoms with Gasteiger partial charge in [0.1, 0.15) is 5.76 Å². The Morgan fingerprint density at radius 3 is 2.48 bits per heavy atom. The molecule has 0 spiro atoms. The van der Waals surface area contributed by atoms with Gasteiger partial charge in [-0.2, -0.15) is 0 Å².